The lowest BCUT2D eigenvalue weighted by atomic mass is 10.0. The third-order valence-corrected chi connectivity index (χ3v) is 4.69. The maximum Gasteiger partial charge on any atom is 0.271 e. The highest BCUT2D eigenvalue weighted by Gasteiger charge is 2.22. The zero-order valence-corrected chi connectivity index (χ0v) is 15.6. The second-order valence-electron chi connectivity index (χ2n) is 6.62. The first kappa shape index (κ1) is 18.3. The molecule has 140 valence electrons. The molecule has 0 aliphatic carbocycles. The SMILES string of the molecule is COc1cc(CN2CCC(NC(=O)c3ccn(C)n3)CC2)cc(OC)c1. The maximum absolute atomic E-state index is 12.2. The first-order chi connectivity index (χ1) is 12.6. The topological polar surface area (TPSA) is 68.6 Å². The second kappa shape index (κ2) is 8.23. The van der Waals surface area contributed by atoms with Crippen LogP contribution in [-0.2, 0) is 13.6 Å². The monoisotopic (exact) mass is 358 g/mol. The van der Waals surface area contributed by atoms with E-state index in [1.165, 1.54) is 0 Å². The average molecular weight is 358 g/mol. The predicted octanol–water partition coefficient (Wildman–Crippen LogP) is 1.83. The average Bonchev–Trinajstić information content (AvgIpc) is 3.09. The molecule has 7 heteroatoms. The van der Waals surface area contributed by atoms with Gasteiger partial charge in [-0.15, -0.1) is 0 Å². The van der Waals surface area contributed by atoms with E-state index < -0.39 is 0 Å². The van der Waals surface area contributed by atoms with E-state index in [9.17, 15) is 4.79 Å². The number of aromatic nitrogens is 2. The largest absolute Gasteiger partial charge is 0.497 e. The Kier molecular flexibility index (Phi) is 5.78. The summed E-state index contributed by atoms with van der Waals surface area (Å²) in [5, 5.41) is 7.24. The van der Waals surface area contributed by atoms with Crippen LogP contribution < -0.4 is 14.8 Å². The van der Waals surface area contributed by atoms with Gasteiger partial charge in [0.2, 0.25) is 0 Å². The minimum atomic E-state index is -0.0958. The standard InChI is InChI=1S/C19H26N4O3/c1-22-7-6-18(21-22)19(24)20-15-4-8-23(9-5-15)13-14-10-16(25-2)12-17(11-14)26-3/h6-7,10-12,15H,4-5,8-9,13H2,1-3H3,(H,20,24). The summed E-state index contributed by atoms with van der Waals surface area (Å²) in [4.78, 5) is 14.6. The summed E-state index contributed by atoms with van der Waals surface area (Å²) < 4.78 is 12.3. The van der Waals surface area contributed by atoms with Crippen LogP contribution in [0.25, 0.3) is 0 Å². The number of likely N-dealkylation sites (tertiary alicyclic amines) is 1. The molecule has 1 aromatic carbocycles. The Hall–Kier alpha value is -2.54. The molecule has 1 fully saturated rings. The normalized spacial score (nSPS) is 15.7. The van der Waals surface area contributed by atoms with Crippen molar-refractivity contribution < 1.29 is 14.3 Å². The summed E-state index contributed by atoms with van der Waals surface area (Å²) in [5.74, 6) is 1.51. The number of amides is 1. The van der Waals surface area contributed by atoms with Crippen LogP contribution >= 0.6 is 0 Å². The molecule has 1 N–H and O–H groups in total. The van der Waals surface area contributed by atoms with E-state index in [2.05, 4.69) is 15.3 Å². The molecule has 0 saturated carbocycles. The number of rotatable bonds is 6. The molecule has 7 nitrogen and oxygen atoms in total. The van der Waals surface area contributed by atoms with E-state index in [0.717, 1.165) is 49.5 Å². The molecule has 0 unspecified atom stereocenters. The van der Waals surface area contributed by atoms with Gasteiger partial charge in [0, 0.05) is 45.0 Å². The Morgan fingerprint density at radius 1 is 1.19 bits per heavy atom. The Morgan fingerprint density at radius 3 is 2.38 bits per heavy atom. The molecular formula is C19H26N4O3. The highest BCUT2D eigenvalue weighted by molar-refractivity contribution is 5.92. The molecule has 1 saturated heterocycles. The number of hydrogen-bond acceptors (Lipinski definition) is 5. The molecule has 0 atom stereocenters. The first-order valence-corrected chi connectivity index (χ1v) is 8.82. The van der Waals surface area contributed by atoms with Gasteiger partial charge in [-0.3, -0.25) is 14.4 Å². The van der Waals surface area contributed by atoms with Gasteiger partial charge in [-0.1, -0.05) is 0 Å². The Labute approximate surface area is 153 Å². The lowest BCUT2D eigenvalue weighted by Crippen LogP contribution is -2.44. The van der Waals surface area contributed by atoms with Crippen LogP contribution in [0.15, 0.2) is 30.5 Å². The molecular weight excluding hydrogens is 332 g/mol. The van der Waals surface area contributed by atoms with Crippen LogP contribution in [0.4, 0.5) is 0 Å². The van der Waals surface area contributed by atoms with Crippen molar-refractivity contribution >= 4 is 5.91 Å². The van der Waals surface area contributed by atoms with Crippen molar-refractivity contribution in [2.75, 3.05) is 27.3 Å². The number of carbonyl (C=O) groups is 1. The summed E-state index contributed by atoms with van der Waals surface area (Å²) in [7, 11) is 5.13. The maximum atomic E-state index is 12.2. The zero-order valence-electron chi connectivity index (χ0n) is 15.6. The summed E-state index contributed by atoms with van der Waals surface area (Å²) in [6.45, 7) is 2.72. The van der Waals surface area contributed by atoms with E-state index in [1.807, 2.05) is 25.2 Å². The van der Waals surface area contributed by atoms with Crippen molar-refractivity contribution in [2.45, 2.75) is 25.4 Å². The number of ether oxygens (including phenoxy) is 2. The molecule has 0 radical (unpaired) electrons. The van der Waals surface area contributed by atoms with Crippen molar-refractivity contribution in [1.82, 2.24) is 20.0 Å². The van der Waals surface area contributed by atoms with Gasteiger partial charge in [0.05, 0.1) is 14.2 Å². The van der Waals surface area contributed by atoms with Crippen LogP contribution in [-0.4, -0.2) is 53.9 Å². The van der Waals surface area contributed by atoms with E-state index >= 15 is 0 Å². The lowest BCUT2D eigenvalue weighted by Gasteiger charge is -2.32. The predicted molar refractivity (Wildman–Crippen MR) is 98.5 cm³/mol. The minimum Gasteiger partial charge on any atom is -0.497 e. The fourth-order valence-corrected chi connectivity index (χ4v) is 3.25. The Morgan fingerprint density at radius 2 is 1.85 bits per heavy atom. The fourth-order valence-electron chi connectivity index (χ4n) is 3.25. The lowest BCUT2D eigenvalue weighted by molar-refractivity contribution is 0.0903. The van der Waals surface area contributed by atoms with Gasteiger partial charge >= 0.3 is 0 Å². The molecule has 2 heterocycles. The Bertz CT molecular complexity index is 729. The molecule has 2 aromatic rings. The number of aryl methyl sites for hydroxylation is 1. The van der Waals surface area contributed by atoms with E-state index in [4.69, 9.17) is 9.47 Å². The van der Waals surface area contributed by atoms with Gasteiger partial charge < -0.3 is 14.8 Å². The van der Waals surface area contributed by atoms with E-state index in [1.54, 1.807) is 31.2 Å². The molecule has 26 heavy (non-hydrogen) atoms. The molecule has 1 aromatic heterocycles. The number of benzene rings is 1. The van der Waals surface area contributed by atoms with Crippen LogP contribution in [0.2, 0.25) is 0 Å². The zero-order chi connectivity index (χ0) is 18.5. The quantitative estimate of drug-likeness (QED) is 0.853. The van der Waals surface area contributed by atoms with Gasteiger partial charge in [0.15, 0.2) is 0 Å². The van der Waals surface area contributed by atoms with E-state index in [-0.39, 0.29) is 11.9 Å². The van der Waals surface area contributed by atoms with Gasteiger partial charge in [-0.05, 0) is 36.6 Å². The second-order valence-corrected chi connectivity index (χ2v) is 6.62. The van der Waals surface area contributed by atoms with Crippen molar-refractivity contribution in [3.63, 3.8) is 0 Å². The molecule has 0 bridgehead atoms. The number of piperidine rings is 1. The smallest absolute Gasteiger partial charge is 0.271 e. The van der Waals surface area contributed by atoms with Gasteiger partial charge in [-0.2, -0.15) is 5.10 Å². The van der Waals surface area contributed by atoms with Crippen LogP contribution in [0.5, 0.6) is 11.5 Å². The number of hydrogen-bond donors (Lipinski definition) is 1. The summed E-state index contributed by atoms with van der Waals surface area (Å²) in [5.41, 5.74) is 1.63. The number of nitrogens with one attached hydrogen (secondary N) is 1. The van der Waals surface area contributed by atoms with Crippen LogP contribution in [0, 0.1) is 0 Å². The number of methoxy groups -OCH3 is 2. The van der Waals surface area contributed by atoms with Gasteiger partial charge in [0.1, 0.15) is 17.2 Å². The molecule has 1 aliphatic heterocycles. The van der Waals surface area contributed by atoms with Crippen molar-refractivity contribution in [1.29, 1.82) is 0 Å². The fraction of sp³-hybridized carbons (Fsp3) is 0.474. The summed E-state index contributed by atoms with van der Waals surface area (Å²) in [6, 6.07) is 7.89. The highest BCUT2D eigenvalue weighted by Crippen LogP contribution is 2.24. The van der Waals surface area contributed by atoms with Crippen molar-refractivity contribution in [3.8, 4) is 11.5 Å². The van der Waals surface area contributed by atoms with Crippen LogP contribution in [0.1, 0.15) is 28.9 Å². The molecule has 1 aliphatic rings. The number of carbonyl (C=O) groups excluding carboxylic acids is 1. The van der Waals surface area contributed by atoms with Crippen molar-refractivity contribution in [3.05, 3.63) is 41.7 Å². The van der Waals surface area contributed by atoms with Crippen molar-refractivity contribution in [2.24, 2.45) is 7.05 Å². The summed E-state index contributed by atoms with van der Waals surface area (Å²) >= 11 is 0. The summed E-state index contributed by atoms with van der Waals surface area (Å²) in [6.07, 6.45) is 3.64. The minimum absolute atomic E-state index is 0.0958. The third kappa shape index (κ3) is 4.54. The first-order valence-electron chi connectivity index (χ1n) is 8.82. The van der Waals surface area contributed by atoms with Gasteiger partial charge in [-0.25, -0.2) is 0 Å². The molecule has 3 rings (SSSR count). The Balaban J connectivity index is 1.51. The molecule has 1 amide bonds. The van der Waals surface area contributed by atoms with Gasteiger partial charge in [0.25, 0.3) is 5.91 Å². The molecule has 0 spiro atoms. The van der Waals surface area contributed by atoms with Crippen LogP contribution in [0.3, 0.4) is 0 Å². The third-order valence-electron chi connectivity index (χ3n) is 4.69. The van der Waals surface area contributed by atoms with E-state index in [0.29, 0.717) is 5.69 Å². The number of nitrogens with zero attached hydrogens (tertiary/aromatic N) is 3. The highest BCUT2D eigenvalue weighted by atomic mass is 16.5.